The van der Waals surface area contributed by atoms with Crippen LogP contribution in [0.3, 0.4) is 0 Å². The second-order valence-corrected chi connectivity index (χ2v) is 4.88. The van der Waals surface area contributed by atoms with E-state index >= 15 is 0 Å². The van der Waals surface area contributed by atoms with Gasteiger partial charge in [-0.1, -0.05) is 18.2 Å². The van der Waals surface area contributed by atoms with Crippen molar-refractivity contribution in [3.63, 3.8) is 0 Å². The summed E-state index contributed by atoms with van der Waals surface area (Å²) in [5, 5.41) is 0.612. The summed E-state index contributed by atoms with van der Waals surface area (Å²) in [7, 11) is 1.70. The Bertz CT molecular complexity index is 340. The molecule has 1 aliphatic rings. The standard InChI is InChI=1S/C12H14OS/c1-9-3-8-12(14-9)10-4-6-11(13-2)7-5-10/h3-7,12H,8H2,1-2H3. The molecule has 0 saturated heterocycles. The minimum atomic E-state index is 0.612. The average molecular weight is 206 g/mol. The van der Waals surface area contributed by atoms with Crippen LogP contribution in [0.15, 0.2) is 35.2 Å². The maximum atomic E-state index is 5.13. The number of hydrogen-bond donors (Lipinski definition) is 0. The molecular weight excluding hydrogens is 192 g/mol. The van der Waals surface area contributed by atoms with Crippen molar-refractivity contribution in [1.82, 2.24) is 0 Å². The van der Waals surface area contributed by atoms with Crippen molar-refractivity contribution >= 4 is 11.8 Å². The molecule has 1 aromatic carbocycles. The van der Waals surface area contributed by atoms with Gasteiger partial charge >= 0.3 is 0 Å². The summed E-state index contributed by atoms with van der Waals surface area (Å²) < 4.78 is 5.13. The summed E-state index contributed by atoms with van der Waals surface area (Å²) in [6.07, 6.45) is 3.46. The molecule has 0 N–H and O–H groups in total. The van der Waals surface area contributed by atoms with Crippen molar-refractivity contribution in [2.24, 2.45) is 0 Å². The van der Waals surface area contributed by atoms with Gasteiger partial charge in [-0.3, -0.25) is 0 Å². The molecule has 0 fully saturated rings. The Kier molecular flexibility index (Phi) is 2.82. The number of ether oxygens (including phenoxy) is 1. The van der Waals surface area contributed by atoms with Crippen molar-refractivity contribution in [3.8, 4) is 5.75 Å². The lowest BCUT2D eigenvalue weighted by atomic mass is 10.1. The quantitative estimate of drug-likeness (QED) is 0.728. The maximum Gasteiger partial charge on any atom is 0.118 e. The molecule has 2 heteroatoms. The fourth-order valence-corrected chi connectivity index (χ4v) is 2.74. The molecule has 1 nitrogen and oxygen atoms in total. The van der Waals surface area contributed by atoms with Crippen LogP contribution >= 0.6 is 11.8 Å². The zero-order valence-electron chi connectivity index (χ0n) is 8.49. The first-order valence-electron chi connectivity index (χ1n) is 4.77. The zero-order chi connectivity index (χ0) is 9.97. The molecular formula is C12H14OS. The topological polar surface area (TPSA) is 9.23 Å². The van der Waals surface area contributed by atoms with Gasteiger partial charge in [-0.25, -0.2) is 0 Å². The Morgan fingerprint density at radius 2 is 2.00 bits per heavy atom. The van der Waals surface area contributed by atoms with E-state index in [9.17, 15) is 0 Å². The first-order chi connectivity index (χ1) is 6.79. The van der Waals surface area contributed by atoms with Crippen molar-refractivity contribution < 1.29 is 4.74 Å². The van der Waals surface area contributed by atoms with Crippen LogP contribution in [0, 0.1) is 0 Å². The van der Waals surface area contributed by atoms with Crippen molar-refractivity contribution in [2.45, 2.75) is 18.6 Å². The number of benzene rings is 1. The van der Waals surface area contributed by atoms with Gasteiger partial charge < -0.3 is 4.74 Å². The normalized spacial score (nSPS) is 20.7. The van der Waals surface area contributed by atoms with Crippen LogP contribution in [0.25, 0.3) is 0 Å². The van der Waals surface area contributed by atoms with Gasteiger partial charge in [0.2, 0.25) is 0 Å². The largest absolute Gasteiger partial charge is 0.497 e. The van der Waals surface area contributed by atoms with Crippen LogP contribution in [0.5, 0.6) is 5.75 Å². The molecule has 1 unspecified atom stereocenters. The maximum absolute atomic E-state index is 5.13. The van der Waals surface area contributed by atoms with Gasteiger partial charge in [-0.15, -0.1) is 11.8 Å². The van der Waals surface area contributed by atoms with Gasteiger partial charge in [0.25, 0.3) is 0 Å². The lowest BCUT2D eigenvalue weighted by Crippen LogP contribution is -1.89. The minimum absolute atomic E-state index is 0.612. The molecule has 0 saturated carbocycles. The summed E-state index contributed by atoms with van der Waals surface area (Å²) in [4.78, 5) is 1.44. The summed E-state index contributed by atoms with van der Waals surface area (Å²) >= 11 is 1.95. The zero-order valence-corrected chi connectivity index (χ0v) is 9.30. The number of allylic oxidation sites excluding steroid dienone is 2. The molecule has 0 bridgehead atoms. The minimum Gasteiger partial charge on any atom is -0.497 e. The lowest BCUT2D eigenvalue weighted by molar-refractivity contribution is 0.414. The molecule has 1 atom stereocenters. The second-order valence-electron chi connectivity index (χ2n) is 3.43. The van der Waals surface area contributed by atoms with Gasteiger partial charge in [0.15, 0.2) is 0 Å². The number of rotatable bonds is 2. The molecule has 2 rings (SSSR count). The van der Waals surface area contributed by atoms with Gasteiger partial charge in [0.05, 0.1) is 7.11 Å². The first-order valence-corrected chi connectivity index (χ1v) is 5.65. The highest BCUT2D eigenvalue weighted by molar-refractivity contribution is 8.03. The number of hydrogen-bond acceptors (Lipinski definition) is 2. The van der Waals surface area contributed by atoms with Crippen LogP contribution in [0.4, 0.5) is 0 Å². The van der Waals surface area contributed by atoms with E-state index in [1.807, 2.05) is 23.9 Å². The third-order valence-electron chi connectivity index (χ3n) is 2.44. The predicted octanol–water partition coefficient (Wildman–Crippen LogP) is 3.78. The van der Waals surface area contributed by atoms with Gasteiger partial charge in [-0.2, -0.15) is 0 Å². The van der Waals surface area contributed by atoms with Crippen LogP contribution < -0.4 is 4.74 Å². The Hall–Kier alpha value is -0.890. The third-order valence-corrected chi connectivity index (χ3v) is 3.72. The smallest absolute Gasteiger partial charge is 0.118 e. The lowest BCUT2D eigenvalue weighted by Gasteiger charge is -2.10. The monoisotopic (exact) mass is 206 g/mol. The van der Waals surface area contributed by atoms with Gasteiger partial charge in [0.1, 0.15) is 5.75 Å². The van der Waals surface area contributed by atoms with Crippen LogP contribution in [0.1, 0.15) is 24.2 Å². The average Bonchev–Trinajstić information content (AvgIpc) is 2.65. The fraction of sp³-hybridized carbons (Fsp3) is 0.333. The molecule has 0 amide bonds. The molecule has 14 heavy (non-hydrogen) atoms. The summed E-state index contributed by atoms with van der Waals surface area (Å²) in [6.45, 7) is 2.17. The molecule has 0 spiro atoms. The van der Waals surface area contributed by atoms with E-state index < -0.39 is 0 Å². The molecule has 0 aliphatic carbocycles. The number of methoxy groups -OCH3 is 1. The molecule has 1 aromatic rings. The third kappa shape index (κ3) is 1.95. The van der Waals surface area contributed by atoms with Crippen molar-refractivity contribution in [1.29, 1.82) is 0 Å². The van der Waals surface area contributed by atoms with E-state index in [-0.39, 0.29) is 0 Å². The summed E-state index contributed by atoms with van der Waals surface area (Å²) in [6, 6.07) is 8.37. The van der Waals surface area contributed by atoms with E-state index in [4.69, 9.17) is 4.74 Å². The van der Waals surface area contributed by atoms with Crippen LogP contribution in [-0.4, -0.2) is 7.11 Å². The molecule has 1 heterocycles. The molecule has 1 aliphatic heterocycles. The van der Waals surface area contributed by atoms with E-state index in [0.717, 1.165) is 12.2 Å². The Labute approximate surface area is 89.2 Å². The summed E-state index contributed by atoms with van der Waals surface area (Å²) in [5.41, 5.74) is 1.39. The Balaban J connectivity index is 2.11. The van der Waals surface area contributed by atoms with E-state index in [1.165, 1.54) is 10.5 Å². The molecule has 74 valence electrons. The van der Waals surface area contributed by atoms with Crippen molar-refractivity contribution in [3.05, 3.63) is 40.8 Å². The van der Waals surface area contributed by atoms with E-state index in [0.29, 0.717) is 5.25 Å². The Morgan fingerprint density at radius 3 is 2.50 bits per heavy atom. The van der Waals surface area contributed by atoms with Crippen molar-refractivity contribution in [2.75, 3.05) is 7.11 Å². The SMILES string of the molecule is COc1ccc(C2CC=C(C)S2)cc1. The fourth-order valence-electron chi connectivity index (χ4n) is 1.62. The second kappa shape index (κ2) is 4.09. The highest BCUT2D eigenvalue weighted by Crippen LogP contribution is 2.43. The predicted molar refractivity (Wildman–Crippen MR) is 61.7 cm³/mol. The number of thioether (sulfide) groups is 1. The Morgan fingerprint density at radius 1 is 1.29 bits per heavy atom. The van der Waals surface area contributed by atoms with Gasteiger partial charge in [0, 0.05) is 5.25 Å². The molecule has 0 radical (unpaired) electrons. The van der Waals surface area contributed by atoms with Crippen LogP contribution in [0.2, 0.25) is 0 Å². The van der Waals surface area contributed by atoms with Crippen LogP contribution in [-0.2, 0) is 0 Å². The summed E-state index contributed by atoms with van der Waals surface area (Å²) in [5.74, 6) is 0.932. The van der Waals surface area contributed by atoms with Gasteiger partial charge in [-0.05, 0) is 35.9 Å². The van der Waals surface area contributed by atoms with E-state index in [2.05, 4.69) is 25.1 Å². The van der Waals surface area contributed by atoms with E-state index in [1.54, 1.807) is 7.11 Å². The highest BCUT2D eigenvalue weighted by Gasteiger charge is 2.16. The highest BCUT2D eigenvalue weighted by atomic mass is 32.2. The molecule has 0 aromatic heterocycles. The first kappa shape index (κ1) is 9.66.